The molecule has 122 valence electrons. The van der Waals surface area contributed by atoms with Gasteiger partial charge in [0.2, 0.25) is 5.91 Å². The molecule has 2 heterocycles. The summed E-state index contributed by atoms with van der Waals surface area (Å²) < 4.78 is 5.70. The summed E-state index contributed by atoms with van der Waals surface area (Å²) in [5, 5.41) is 0. The molecule has 23 heavy (non-hydrogen) atoms. The maximum Gasteiger partial charge on any atom is 0.268 e. The van der Waals surface area contributed by atoms with Crippen LogP contribution in [0.15, 0.2) is 18.2 Å². The van der Waals surface area contributed by atoms with Crippen LogP contribution in [0.2, 0.25) is 0 Å². The van der Waals surface area contributed by atoms with Crippen molar-refractivity contribution < 1.29 is 19.1 Å². The maximum absolute atomic E-state index is 12.6. The molecule has 1 saturated heterocycles. The number of likely N-dealkylation sites (tertiary alicyclic amines) is 1. The highest BCUT2D eigenvalue weighted by molar-refractivity contribution is 6.04. The zero-order valence-electron chi connectivity index (χ0n) is 13.2. The Morgan fingerprint density at radius 1 is 1.35 bits per heavy atom. The quantitative estimate of drug-likeness (QED) is 0.792. The van der Waals surface area contributed by atoms with Crippen molar-refractivity contribution in [2.45, 2.75) is 32.3 Å². The minimum Gasteiger partial charge on any atom is -0.478 e. The fourth-order valence-corrected chi connectivity index (χ4v) is 3.04. The van der Waals surface area contributed by atoms with E-state index >= 15 is 0 Å². The Balaban J connectivity index is 1.91. The van der Waals surface area contributed by atoms with Crippen molar-refractivity contribution >= 4 is 23.8 Å². The normalized spacial score (nSPS) is 20.2. The van der Waals surface area contributed by atoms with Gasteiger partial charge in [0.15, 0.2) is 6.10 Å². The molecule has 2 amide bonds. The van der Waals surface area contributed by atoms with Crippen molar-refractivity contribution in [2.75, 3.05) is 24.5 Å². The van der Waals surface area contributed by atoms with Crippen LogP contribution in [0.3, 0.4) is 0 Å². The maximum atomic E-state index is 12.6. The number of aldehydes is 1. The zero-order chi connectivity index (χ0) is 16.4. The van der Waals surface area contributed by atoms with E-state index in [-0.39, 0.29) is 18.4 Å². The number of hydrogen-bond donors (Lipinski definition) is 0. The number of carbonyl (C=O) groups is 3. The van der Waals surface area contributed by atoms with Crippen molar-refractivity contribution in [3.05, 3.63) is 23.8 Å². The van der Waals surface area contributed by atoms with Gasteiger partial charge in [-0.2, -0.15) is 0 Å². The second kappa shape index (κ2) is 6.40. The molecular weight excluding hydrogens is 296 g/mol. The van der Waals surface area contributed by atoms with Crippen molar-refractivity contribution in [1.29, 1.82) is 0 Å². The van der Waals surface area contributed by atoms with Gasteiger partial charge >= 0.3 is 0 Å². The van der Waals surface area contributed by atoms with E-state index in [0.717, 1.165) is 32.2 Å². The Morgan fingerprint density at radius 2 is 2.09 bits per heavy atom. The second-order valence-corrected chi connectivity index (χ2v) is 5.87. The van der Waals surface area contributed by atoms with Crippen LogP contribution in [0.1, 0.15) is 36.5 Å². The molecule has 1 aromatic carbocycles. The Bertz CT molecular complexity index is 637. The van der Waals surface area contributed by atoms with Crippen LogP contribution < -0.4 is 9.64 Å². The number of carbonyl (C=O) groups excluding carboxylic acids is 3. The third kappa shape index (κ3) is 2.93. The molecule has 6 nitrogen and oxygen atoms in total. The number of rotatable bonds is 4. The molecule has 0 spiro atoms. The summed E-state index contributed by atoms with van der Waals surface area (Å²) in [7, 11) is 0. The standard InChI is InChI=1S/C17H20N2O4/c1-2-14-17(22)19(10-16(21)18-7-3-4-8-18)13-9-12(11-20)5-6-15(13)23-14/h5-6,9,11,14H,2-4,7-8,10H2,1H3. The van der Waals surface area contributed by atoms with E-state index in [0.29, 0.717) is 23.4 Å². The third-order valence-electron chi connectivity index (χ3n) is 4.34. The first-order valence-electron chi connectivity index (χ1n) is 7.99. The molecule has 1 fully saturated rings. The average Bonchev–Trinajstić information content (AvgIpc) is 3.11. The Kier molecular flexibility index (Phi) is 4.32. The lowest BCUT2D eigenvalue weighted by Gasteiger charge is -2.34. The molecule has 1 atom stereocenters. The van der Waals surface area contributed by atoms with Gasteiger partial charge in [-0.3, -0.25) is 19.3 Å². The molecule has 0 N–H and O–H groups in total. The Hall–Kier alpha value is -2.37. The van der Waals surface area contributed by atoms with Crippen molar-refractivity contribution in [2.24, 2.45) is 0 Å². The van der Waals surface area contributed by atoms with E-state index in [2.05, 4.69) is 0 Å². The van der Waals surface area contributed by atoms with E-state index in [1.165, 1.54) is 4.90 Å². The van der Waals surface area contributed by atoms with Gasteiger partial charge in [-0.1, -0.05) is 6.92 Å². The first-order valence-corrected chi connectivity index (χ1v) is 7.99. The molecule has 0 aliphatic carbocycles. The van der Waals surface area contributed by atoms with Crippen LogP contribution >= 0.6 is 0 Å². The van der Waals surface area contributed by atoms with E-state index in [1.54, 1.807) is 23.1 Å². The first kappa shape index (κ1) is 15.5. The fourth-order valence-electron chi connectivity index (χ4n) is 3.04. The van der Waals surface area contributed by atoms with Gasteiger partial charge in [-0.05, 0) is 37.5 Å². The van der Waals surface area contributed by atoms with E-state index in [9.17, 15) is 14.4 Å². The Labute approximate surface area is 135 Å². The van der Waals surface area contributed by atoms with Gasteiger partial charge in [0.1, 0.15) is 18.6 Å². The Morgan fingerprint density at radius 3 is 2.74 bits per heavy atom. The topological polar surface area (TPSA) is 66.9 Å². The van der Waals surface area contributed by atoms with Gasteiger partial charge in [-0.25, -0.2) is 0 Å². The molecule has 0 radical (unpaired) electrons. The summed E-state index contributed by atoms with van der Waals surface area (Å²) >= 11 is 0. The van der Waals surface area contributed by atoms with Crippen LogP contribution in [-0.4, -0.2) is 48.7 Å². The van der Waals surface area contributed by atoms with Gasteiger partial charge in [-0.15, -0.1) is 0 Å². The number of nitrogens with zero attached hydrogens (tertiary/aromatic N) is 2. The van der Waals surface area contributed by atoms with Gasteiger partial charge in [0.05, 0.1) is 5.69 Å². The third-order valence-corrected chi connectivity index (χ3v) is 4.34. The summed E-state index contributed by atoms with van der Waals surface area (Å²) in [6, 6.07) is 4.93. The van der Waals surface area contributed by atoms with Crippen LogP contribution in [0.4, 0.5) is 5.69 Å². The summed E-state index contributed by atoms with van der Waals surface area (Å²) in [6.07, 6.45) is 2.67. The van der Waals surface area contributed by atoms with E-state index < -0.39 is 6.10 Å². The van der Waals surface area contributed by atoms with Gasteiger partial charge < -0.3 is 9.64 Å². The van der Waals surface area contributed by atoms with Crippen LogP contribution in [0, 0.1) is 0 Å². The largest absolute Gasteiger partial charge is 0.478 e. The number of hydrogen-bond acceptors (Lipinski definition) is 4. The molecular formula is C17H20N2O4. The average molecular weight is 316 g/mol. The predicted molar refractivity (Wildman–Crippen MR) is 84.7 cm³/mol. The fraction of sp³-hybridized carbons (Fsp3) is 0.471. The number of fused-ring (bicyclic) bond motifs is 1. The number of anilines is 1. The summed E-state index contributed by atoms with van der Waals surface area (Å²) in [5.74, 6) is 0.252. The van der Waals surface area contributed by atoms with E-state index in [4.69, 9.17) is 4.74 Å². The predicted octanol–water partition coefficient (Wildman–Crippen LogP) is 1.63. The second-order valence-electron chi connectivity index (χ2n) is 5.87. The van der Waals surface area contributed by atoms with Crippen molar-refractivity contribution in [3.8, 4) is 5.75 Å². The molecule has 1 aromatic rings. The molecule has 6 heteroatoms. The monoisotopic (exact) mass is 316 g/mol. The van der Waals surface area contributed by atoms with Crippen LogP contribution in [0.25, 0.3) is 0 Å². The van der Waals surface area contributed by atoms with Crippen LogP contribution in [0.5, 0.6) is 5.75 Å². The lowest BCUT2D eigenvalue weighted by Crippen LogP contribution is -2.50. The van der Waals surface area contributed by atoms with Crippen LogP contribution in [-0.2, 0) is 9.59 Å². The minimum atomic E-state index is -0.587. The van der Waals surface area contributed by atoms with Gasteiger partial charge in [0, 0.05) is 18.7 Å². The molecule has 2 aliphatic heterocycles. The molecule has 0 saturated carbocycles. The summed E-state index contributed by atoms with van der Waals surface area (Å²) in [6.45, 7) is 3.35. The SMILES string of the molecule is CCC1Oc2ccc(C=O)cc2N(CC(=O)N2CCCC2)C1=O. The smallest absolute Gasteiger partial charge is 0.268 e. The molecule has 2 aliphatic rings. The first-order chi connectivity index (χ1) is 11.1. The number of ether oxygens (including phenoxy) is 1. The highest BCUT2D eigenvalue weighted by Gasteiger charge is 2.35. The minimum absolute atomic E-state index is 0.00595. The van der Waals surface area contributed by atoms with Crippen molar-refractivity contribution in [1.82, 2.24) is 4.90 Å². The van der Waals surface area contributed by atoms with Gasteiger partial charge in [0.25, 0.3) is 5.91 Å². The zero-order valence-corrected chi connectivity index (χ0v) is 13.2. The summed E-state index contributed by atoms with van der Waals surface area (Å²) in [5.41, 5.74) is 0.950. The lowest BCUT2D eigenvalue weighted by atomic mass is 10.1. The lowest BCUT2D eigenvalue weighted by molar-refractivity contribution is -0.132. The summed E-state index contributed by atoms with van der Waals surface area (Å²) in [4.78, 5) is 39.3. The highest BCUT2D eigenvalue weighted by atomic mass is 16.5. The molecule has 0 aromatic heterocycles. The molecule has 3 rings (SSSR count). The molecule has 0 bridgehead atoms. The molecule has 1 unspecified atom stereocenters. The highest BCUT2D eigenvalue weighted by Crippen LogP contribution is 2.35. The van der Waals surface area contributed by atoms with Crippen molar-refractivity contribution in [3.63, 3.8) is 0 Å². The number of amides is 2. The number of benzene rings is 1. The van der Waals surface area contributed by atoms with E-state index in [1.807, 2.05) is 6.92 Å².